The summed E-state index contributed by atoms with van der Waals surface area (Å²) in [4.78, 5) is 25.3. The van der Waals surface area contributed by atoms with Gasteiger partial charge in [0, 0.05) is 0 Å². The van der Waals surface area contributed by atoms with E-state index in [1.165, 1.54) is 0 Å². The summed E-state index contributed by atoms with van der Waals surface area (Å²) in [5.41, 5.74) is 0.685. The van der Waals surface area contributed by atoms with E-state index in [1.54, 1.807) is 30.3 Å². The van der Waals surface area contributed by atoms with Gasteiger partial charge < -0.3 is 10.2 Å². The Kier molecular flexibility index (Phi) is 3.64. The van der Waals surface area contributed by atoms with Crippen molar-refractivity contribution in [3.8, 4) is 0 Å². The molecule has 0 bridgehead atoms. The van der Waals surface area contributed by atoms with Crippen LogP contribution in [-0.2, 0) is 11.4 Å². The number of carboxylic acid groups (broad SMARTS) is 2. The molecule has 0 spiro atoms. The summed E-state index contributed by atoms with van der Waals surface area (Å²) in [5.74, 6) is 0. The molecule has 0 aliphatic heterocycles. The number of nitrogens with zero attached hydrogens (tertiary/aromatic N) is 1. The highest BCUT2D eigenvalue weighted by molar-refractivity contribution is 5.83. The van der Waals surface area contributed by atoms with Gasteiger partial charge >= 0.3 is 12.2 Å². The fraction of sp³-hybridized carbons (Fsp3) is 0.111. The van der Waals surface area contributed by atoms with E-state index in [-0.39, 0.29) is 11.7 Å². The molecule has 1 aromatic rings. The molecule has 2 N–H and O–H groups in total. The van der Waals surface area contributed by atoms with Crippen LogP contribution in [0.1, 0.15) is 5.56 Å². The molecule has 15 heavy (non-hydrogen) atoms. The lowest BCUT2D eigenvalue weighted by Crippen LogP contribution is -2.34. The summed E-state index contributed by atoms with van der Waals surface area (Å²) in [6.07, 6.45) is -3.34. The van der Waals surface area contributed by atoms with E-state index in [4.69, 9.17) is 10.2 Å². The molecule has 0 aliphatic carbocycles. The van der Waals surface area contributed by atoms with Crippen molar-refractivity contribution in [3.63, 3.8) is 0 Å². The van der Waals surface area contributed by atoms with Crippen LogP contribution in [-0.4, -0.2) is 27.5 Å². The molecule has 80 valence electrons. The highest BCUT2D eigenvalue weighted by Crippen LogP contribution is 2.03. The fourth-order valence-electron chi connectivity index (χ4n) is 0.906. The summed E-state index contributed by atoms with van der Waals surface area (Å²) >= 11 is 0. The Morgan fingerprint density at radius 2 is 1.67 bits per heavy atom. The minimum Gasteiger partial charge on any atom is -0.463 e. The number of benzene rings is 1. The Bertz CT molecular complexity index is 337. The Morgan fingerprint density at radius 1 is 1.13 bits per heavy atom. The topological polar surface area (TPSA) is 87.1 Å². The smallest absolute Gasteiger partial charge is 0.441 e. The van der Waals surface area contributed by atoms with E-state index in [1.807, 2.05) is 0 Å². The number of amides is 2. The number of rotatable bonds is 3. The van der Waals surface area contributed by atoms with Crippen LogP contribution >= 0.6 is 0 Å². The van der Waals surface area contributed by atoms with Crippen LogP contribution in [0.4, 0.5) is 9.59 Å². The minimum atomic E-state index is -1.67. The highest BCUT2D eigenvalue weighted by Gasteiger charge is 2.20. The number of imide groups is 1. The van der Waals surface area contributed by atoms with Crippen LogP contribution in [0.2, 0.25) is 0 Å². The molecule has 0 atom stereocenters. The molecule has 0 heterocycles. The zero-order valence-corrected chi connectivity index (χ0v) is 7.66. The lowest BCUT2D eigenvalue weighted by atomic mass is 10.2. The largest absolute Gasteiger partial charge is 0.463 e. The van der Waals surface area contributed by atoms with Gasteiger partial charge in [0.2, 0.25) is 0 Å². The van der Waals surface area contributed by atoms with Crippen molar-refractivity contribution in [2.75, 3.05) is 0 Å². The molecule has 1 rings (SSSR count). The molecule has 0 saturated carbocycles. The van der Waals surface area contributed by atoms with E-state index in [2.05, 4.69) is 4.84 Å². The first-order chi connectivity index (χ1) is 7.11. The van der Waals surface area contributed by atoms with Crippen LogP contribution in [0.25, 0.3) is 0 Å². The second kappa shape index (κ2) is 4.97. The molecule has 1 aromatic carbocycles. The van der Waals surface area contributed by atoms with Gasteiger partial charge in [0.1, 0.15) is 6.61 Å². The first kappa shape index (κ1) is 11.0. The Labute approximate surface area is 85.3 Å². The molecular weight excluding hydrogens is 202 g/mol. The van der Waals surface area contributed by atoms with Gasteiger partial charge in [-0.05, 0) is 5.56 Å². The van der Waals surface area contributed by atoms with Gasteiger partial charge in [-0.1, -0.05) is 35.4 Å². The van der Waals surface area contributed by atoms with Crippen LogP contribution in [0.5, 0.6) is 0 Å². The van der Waals surface area contributed by atoms with Crippen LogP contribution < -0.4 is 0 Å². The average molecular weight is 211 g/mol. The third kappa shape index (κ3) is 3.28. The summed E-state index contributed by atoms with van der Waals surface area (Å²) in [5, 5.41) is 16.8. The predicted octanol–water partition coefficient (Wildman–Crippen LogP) is 1.78. The van der Waals surface area contributed by atoms with Crippen molar-refractivity contribution < 1.29 is 24.6 Å². The molecule has 2 amide bonds. The van der Waals surface area contributed by atoms with E-state index in [0.717, 1.165) is 0 Å². The zero-order valence-electron chi connectivity index (χ0n) is 7.66. The quantitative estimate of drug-likeness (QED) is 0.744. The molecule has 0 radical (unpaired) electrons. The van der Waals surface area contributed by atoms with Gasteiger partial charge in [-0.2, -0.15) is 0 Å². The number of hydrogen-bond acceptors (Lipinski definition) is 3. The van der Waals surface area contributed by atoms with Crippen molar-refractivity contribution >= 4 is 12.2 Å². The summed E-state index contributed by atoms with van der Waals surface area (Å²) < 4.78 is 0. The molecule has 0 fully saturated rings. The summed E-state index contributed by atoms with van der Waals surface area (Å²) in [7, 11) is 0. The van der Waals surface area contributed by atoms with Crippen molar-refractivity contribution in [2.45, 2.75) is 6.61 Å². The molecule has 0 saturated heterocycles. The maximum Gasteiger partial charge on any atom is 0.441 e. The first-order valence-electron chi connectivity index (χ1n) is 4.04. The average Bonchev–Trinajstić information content (AvgIpc) is 2.18. The third-order valence-electron chi connectivity index (χ3n) is 1.55. The summed E-state index contributed by atoms with van der Waals surface area (Å²) in [6.45, 7) is -0.112. The Balaban J connectivity index is 2.55. The molecular formula is C9H9NO5. The minimum absolute atomic E-state index is 0.112. The van der Waals surface area contributed by atoms with Gasteiger partial charge in [-0.15, -0.1) is 0 Å². The van der Waals surface area contributed by atoms with Crippen molar-refractivity contribution in [1.82, 2.24) is 5.06 Å². The van der Waals surface area contributed by atoms with E-state index < -0.39 is 12.2 Å². The lowest BCUT2D eigenvalue weighted by Gasteiger charge is -2.12. The van der Waals surface area contributed by atoms with Crippen molar-refractivity contribution in [3.05, 3.63) is 35.9 Å². The predicted molar refractivity (Wildman–Crippen MR) is 49.1 cm³/mol. The Hall–Kier alpha value is -2.08. The standard InChI is InChI=1S/C9H9NO5/c11-8(12)10(9(13)14)15-6-7-4-2-1-3-5-7/h1-5H,6H2,(H,11,12)(H,13,14). The van der Waals surface area contributed by atoms with E-state index in [9.17, 15) is 9.59 Å². The highest BCUT2D eigenvalue weighted by atomic mass is 16.7. The third-order valence-corrected chi connectivity index (χ3v) is 1.55. The molecule has 0 unspecified atom stereocenters. The first-order valence-corrected chi connectivity index (χ1v) is 4.04. The maximum atomic E-state index is 10.4. The van der Waals surface area contributed by atoms with Gasteiger partial charge in [0.25, 0.3) is 0 Å². The van der Waals surface area contributed by atoms with Gasteiger partial charge in [-0.3, -0.25) is 4.84 Å². The zero-order chi connectivity index (χ0) is 11.3. The fourth-order valence-corrected chi connectivity index (χ4v) is 0.906. The lowest BCUT2D eigenvalue weighted by molar-refractivity contribution is -0.116. The van der Waals surface area contributed by atoms with Crippen molar-refractivity contribution in [2.24, 2.45) is 0 Å². The Morgan fingerprint density at radius 3 is 2.13 bits per heavy atom. The summed E-state index contributed by atoms with van der Waals surface area (Å²) in [6, 6.07) is 8.66. The van der Waals surface area contributed by atoms with Crippen LogP contribution in [0, 0.1) is 0 Å². The maximum absolute atomic E-state index is 10.4. The van der Waals surface area contributed by atoms with Crippen LogP contribution in [0.15, 0.2) is 30.3 Å². The second-order valence-electron chi connectivity index (χ2n) is 2.62. The molecule has 0 aliphatic rings. The number of hydrogen-bond donors (Lipinski definition) is 2. The van der Waals surface area contributed by atoms with E-state index in [0.29, 0.717) is 5.56 Å². The van der Waals surface area contributed by atoms with Crippen LogP contribution in [0.3, 0.4) is 0 Å². The van der Waals surface area contributed by atoms with E-state index >= 15 is 0 Å². The molecule has 0 aromatic heterocycles. The normalized spacial score (nSPS) is 9.60. The molecule has 6 nitrogen and oxygen atoms in total. The number of hydroxylamine groups is 2. The van der Waals surface area contributed by atoms with Crippen molar-refractivity contribution in [1.29, 1.82) is 0 Å². The van der Waals surface area contributed by atoms with Gasteiger partial charge in [0.05, 0.1) is 0 Å². The monoisotopic (exact) mass is 211 g/mol. The van der Waals surface area contributed by atoms with Gasteiger partial charge in [0.15, 0.2) is 0 Å². The van der Waals surface area contributed by atoms with Gasteiger partial charge in [-0.25, -0.2) is 9.59 Å². The number of carbonyl (C=O) groups is 2. The molecule has 6 heteroatoms. The second-order valence-corrected chi connectivity index (χ2v) is 2.62. The SMILES string of the molecule is O=C(O)N(OCc1ccccc1)C(=O)O.